The molecule has 5 heteroatoms. The van der Waals surface area contributed by atoms with Crippen molar-refractivity contribution in [2.24, 2.45) is 0 Å². The van der Waals surface area contributed by atoms with Gasteiger partial charge in [0.25, 0.3) is 0 Å². The fourth-order valence-electron chi connectivity index (χ4n) is 2.45. The Hall–Kier alpha value is -2.56. The Morgan fingerprint density at radius 2 is 1.95 bits per heavy atom. The number of tetrazole rings is 1. The van der Waals surface area contributed by atoms with Crippen molar-refractivity contribution < 1.29 is 0 Å². The summed E-state index contributed by atoms with van der Waals surface area (Å²) in [6.45, 7) is 7.01. The number of aryl methyl sites for hydroxylation is 1. The predicted octanol–water partition coefficient (Wildman–Crippen LogP) is 3.22. The monoisotopic (exact) mass is 293 g/mol. The lowest BCUT2D eigenvalue weighted by atomic mass is 9.99. The SMILES string of the molecule is Cc1ccccc1Cn1nnc(-c2cnccc2C(C)C)n1. The summed E-state index contributed by atoms with van der Waals surface area (Å²) in [5, 5.41) is 12.9. The van der Waals surface area contributed by atoms with Crippen molar-refractivity contribution in [3.63, 3.8) is 0 Å². The molecule has 0 radical (unpaired) electrons. The van der Waals surface area contributed by atoms with E-state index < -0.39 is 0 Å². The average molecular weight is 293 g/mol. The average Bonchev–Trinajstić information content (AvgIpc) is 2.98. The van der Waals surface area contributed by atoms with Crippen molar-refractivity contribution in [3.05, 3.63) is 59.4 Å². The Balaban J connectivity index is 1.90. The molecule has 2 aromatic heterocycles. The first-order valence-corrected chi connectivity index (χ1v) is 7.41. The van der Waals surface area contributed by atoms with E-state index in [4.69, 9.17) is 0 Å². The lowest BCUT2D eigenvalue weighted by Gasteiger charge is -2.08. The Morgan fingerprint density at radius 3 is 2.73 bits per heavy atom. The third-order valence-electron chi connectivity index (χ3n) is 3.74. The van der Waals surface area contributed by atoms with E-state index in [0.717, 1.165) is 5.56 Å². The minimum Gasteiger partial charge on any atom is -0.264 e. The second-order valence-electron chi connectivity index (χ2n) is 5.69. The van der Waals surface area contributed by atoms with E-state index >= 15 is 0 Å². The predicted molar refractivity (Wildman–Crippen MR) is 85.4 cm³/mol. The van der Waals surface area contributed by atoms with E-state index in [9.17, 15) is 0 Å². The van der Waals surface area contributed by atoms with Gasteiger partial charge in [0.05, 0.1) is 6.54 Å². The van der Waals surface area contributed by atoms with Crippen molar-refractivity contribution in [1.82, 2.24) is 25.2 Å². The van der Waals surface area contributed by atoms with Crippen LogP contribution in [0.3, 0.4) is 0 Å². The molecule has 2 heterocycles. The molecule has 0 N–H and O–H groups in total. The first kappa shape index (κ1) is 14.4. The van der Waals surface area contributed by atoms with Gasteiger partial charge in [0.15, 0.2) is 0 Å². The van der Waals surface area contributed by atoms with E-state index in [1.54, 1.807) is 11.0 Å². The summed E-state index contributed by atoms with van der Waals surface area (Å²) in [5.41, 5.74) is 4.56. The summed E-state index contributed by atoms with van der Waals surface area (Å²) >= 11 is 0. The van der Waals surface area contributed by atoms with E-state index in [1.165, 1.54) is 16.7 Å². The highest BCUT2D eigenvalue weighted by Gasteiger charge is 2.13. The van der Waals surface area contributed by atoms with Gasteiger partial charge >= 0.3 is 0 Å². The minimum absolute atomic E-state index is 0.390. The van der Waals surface area contributed by atoms with Gasteiger partial charge in [-0.25, -0.2) is 0 Å². The molecule has 0 fully saturated rings. The van der Waals surface area contributed by atoms with Gasteiger partial charge in [-0.05, 0) is 40.8 Å². The van der Waals surface area contributed by atoms with Crippen LogP contribution in [-0.2, 0) is 6.54 Å². The molecule has 0 spiro atoms. The van der Waals surface area contributed by atoms with Gasteiger partial charge in [-0.3, -0.25) is 4.98 Å². The fraction of sp³-hybridized carbons (Fsp3) is 0.294. The molecule has 22 heavy (non-hydrogen) atoms. The van der Waals surface area contributed by atoms with Gasteiger partial charge in [-0.1, -0.05) is 38.1 Å². The Kier molecular flexibility index (Phi) is 3.96. The van der Waals surface area contributed by atoms with Crippen LogP contribution < -0.4 is 0 Å². The van der Waals surface area contributed by atoms with Crippen molar-refractivity contribution in [1.29, 1.82) is 0 Å². The van der Waals surface area contributed by atoms with Crippen LogP contribution in [0.15, 0.2) is 42.7 Å². The highest BCUT2D eigenvalue weighted by Crippen LogP contribution is 2.25. The Bertz CT molecular complexity index is 776. The van der Waals surface area contributed by atoms with Gasteiger partial charge in [0, 0.05) is 18.0 Å². The molecule has 0 saturated carbocycles. The molecular weight excluding hydrogens is 274 g/mol. The largest absolute Gasteiger partial charge is 0.264 e. The Labute approximate surface area is 130 Å². The topological polar surface area (TPSA) is 56.5 Å². The molecule has 112 valence electrons. The maximum Gasteiger partial charge on any atom is 0.206 e. The van der Waals surface area contributed by atoms with Crippen LogP contribution in [0.5, 0.6) is 0 Å². The first-order chi connectivity index (χ1) is 10.6. The summed E-state index contributed by atoms with van der Waals surface area (Å²) in [4.78, 5) is 5.83. The van der Waals surface area contributed by atoms with E-state index in [1.807, 2.05) is 24.4 Å². The first-order valence-electron chi connectivity index (χ1n) is 7.41. The molecule has 0 aliphatic heterocycles. The van der Waals surface area contributed by atoms with E-state index in [2.05, 4.69) is 53.3 Å². The van der Waals surface area contributed by atoms with Gasteiger partial charge in [0.1, 0.15) is 0 Å². The highest BCUT2D eigenvalue weighted by atomic mass is 15.6. The lowest BCUT2D eigenvalue weighted by molar-refractivity contribution is 0.571. The zero-order valence-corrected chi connectivity index (χ0v) is 13.1. The molecule has 1 aromatic carbocycles. The van der Waals surface area contributed by atoms with E-state index in [-0.39, 0.29) is 0 Å². The summed E-state index contributed by atoms with van der Waals surface area (Å²) in [7, 11) is 0. The number of pyridine rings is 1. The zero-order valence-electron chi connectivity index (χ0n) is 13.1. The van der Waals surface area contributed by atoms with Crippen LogP contribution in [0.2, 0.25) is 0 Å². The quantitative estimate of drug-likeness (QED) is 0.741. The minimum atomic E-state index is 0.390. The van der Waals surface area contributed by atoms with E-state index in [0.29, 0.717) is 18.3 Å². The number of hydrogen-bond donors (Lipinski definition) is 0. The molecule has 0 aliphatic carbocycles. The summed E-state index contributed by atoms with van der Waals surface area (Å²) in [6.07, 6.45) is 3.61. The smallest absolute Gasteiger partial charge is 0.206 e. The highest BCUT2D eigenvalue weighted by molar-refractivity contribution is 5.58. The zero-order chi connectivity index (χ0) is 15.5. The van der Waals surface area contributed by atoms with Crippen LogP contribution in [-0.4, -0.2) is 25.2 Å². The molecule has 0 unspecified atom stereocenters. The van der Waals surface area contributed by atoms with Crippen LogP contribution in [0.25, 0.3) is 11.4 Å². The van der Waals surface area contributed by atoms with Crippen LogP contribution >= 0.6 is 0 Å². The molecule has 3 aromatic rings. The molecule has 0 bridgehead atoms. The van der Waals surface area contributed by atoms with Crippen molar-refractivity contribution in [2.45, 2.75) is 33.2 Å². The number of hydrogen-bond acceptors (Lipinski definition) is 4. The van der Waals surface area contributed by atoms with Crippen LogP contribution in [0.1, 0.15) is 36.5 Å². The molecule has 3 rings (SSSR count). The maximum absolute atomic E-state index is 4.51. The van der Waals surface area contributed by atoms with Gasteiger partial charge < -0.3 is 0 Å². The Morgan fingerprint density at radius 1 is 1.14 bits per heavy atom. The normalized spacial score (nSPS) is 11.1. The third-order valence-corrected chi connectivity index (χ3v) is 3.74. The molecule has 0 amide bonds. The molecule has 0 atom stereocenters. The molecule has 0 aliphatic rings. The maximum atomic E-state index is 4.51. The number of benzene rings is 1. The second kappa shape index (κ2) is 6.05. The number of nitrogens with zero attached hydrogens (tertiary/aromatic N) is 5. The van der Waals surface area contributed by atoms with Crippen LogP contribution in [0.4, 0.5) is 0 Å². The summed E-state index contributed by atoms with van der Waals surface area (Å²) in [6, 6.07) is 10.2. The molecule has 0 saturated heterocycles. The van der Waals surface area contributed by atoms with Gasteiger partial charge in [0.2, 0.25) is 5.82 Å². The summed E-state index contributed by atoms with van der Waals surface area (Å²) in [5.74, 6) is 1.02. The van der Waals surface area contributed by atoms with Crippen molar-refractivity contribution >= 4 is 0 Å². The number of aromatic nitrogens is 5. The molecular formula is C17H19N5. The van der Waals surface area contributed by atoms with Crippen LogP contribution in [0, 0.1) is 6.92 Å². The fourth-order valence-corrected chi connectivity index (χ4v) is 2.45. The van der Waals surface area contributed by atoms with Crippen molar-refractivity contribution in [3.8, 4) is 11.4 Å². The molecule has 5 nitrogen and oxygen atoms in total. The van der Waals surface area contributed by atoms with Crippen molar-refractivity contribution in [2.75, 3.05) is 0 Å². The number of rotatable bonds is 4. The standard InChI is InChI=1S/C17H19N5/c1-12(2)15-8-9-18-10-16(15)17-19-21-22(20-17)11-14-7-5-4-6-13(14)3/h4-10,12H,11H2,1-3H3. The van der Waals surface area contributed by atoms with Gasteiger partial charge in [-0.2, -0.15) is 4.80 Å². The third kappa shape index (κ3) is 2.88. The second-order valence-corrected chi connectivity index (χ2v) is 5.69. The summed E-state index contributed by atoms with van der Waals surface area (Å²) < 4.78 is 0. The van der Waals surface area contributed by atoms with Gasteiger partial charge in [-0.15, -0.1) is 10.2 Å². The lowest BCUT2D eigenvalue weighted by Crippen LogP contribution is -2.05.